The molecule has 2 aliphatic rings. The monoisotopic (exact) mass is 455 g/mol. The number of nitrogens with zero attached hydrogens (tertiary/aromatic N) is 2. The molecule has 32 heavy (non-hydrogen) atoms. The fourth-order valence-electron chi connectivity index (χ4n) is 3.58. The number of benzene rings is 2. The van der Waals surface area contributed by atoms with Gasteiger partial charge in [0.2, 0.25) is 12.7 Å². The molecule has 2 aromatic carbocycles. The number of fused-ring (bicyclic) bond motifs is 1. The number of thiocarbonyl (C=S) groups is 1. The van der Waals surface area contributed by atoms with E-state index in [2.05, 4.69) is 10.1 Å². The Labute approximate surface area is 189 Å². The van der Waals surface area contributed by atoms with Gasteiger partial charge in [0.05, 0.1) is 19.1 Å². The first-order valence-electron chi connectivity index (χ1n) is 9.82. The molecule has 2 heterocycles. The molecule has 0 aliphatic carbocycles. The van der Waals surface area contributed by atoms with Crippen molar-refractivity contribution in [3.63, 3.8) is 0 Å². The molecule has 0 spiro atoms. The van der Waals surface area contributed by atoms with E-state index in [1.807, 2.05) is 18.2 Å². The van der Waals surface area contributed by atoms with E-state index in [0.29, 0.717) is 34.4 Å². The Morgan fingerprint density at radius 1 is 1.16 bits per heavy atom. The molecule has 1 atom stereocenters. The fourth-order valence-corrected chi connectivity index (χ4v) is 3.87. The summed E-state index contributed by atoms with van der Waals surface area (Å²) in [4.78, 5) is 40.1. The Bertz CT molecular complexity index is 1090. The topological polar surface area (TPSA) is 97.4 Å². The van der Waals surface area contributed by atoms with Crippen molar-refractivity contribution in [1.29, 1.82) is 0 Å². The van der Waals surface area contributed by atoms with Crippen LogP contribution in [0.3, 0.4) is 0 Å². The summed E-state index contributed by atoms with van der Waals surface area (Å²) in [7, 11) is 2.90. The van der Waals surface area contributed by atoms with Gasteiger partial charge in [-0.15, -0.1) is 0 Å². The number of hydrogen-bond acceptors (Lipinski definition) is 7. The van der Waals surface area contributed by atoms with Crippen LogP contribution in [0.1, 0.15) is 22.3 Å². The maximum atomic E-state index is 12.8. The van der Waals surface area contributed by atoms with Gasteiger partial charge in [0.15, 0.2) is 16.6 Å². The van der Waals surface area contributed by atoms with E-state index in [0.717, 1.165) is 5.56 Å². The molecule has 2 aliphatic heterocycles. The van der Waals surface area contributed by atoms with E-state index >= 15 is 0 Å². The highest BCUT2D eigenvalue weighted by molar-refractivity contribution is 7.80. The van der Waals surface area contributed by atoms with E-state index in [9.17, 15) is 14.4 Å². The van der Waals surface area contributed by atoms with Gasteiger partial charge < -0.3 is 24.4 Å². The Kier molecular flexibility index (Phi) is 5.95. The van der Waals surface area contributed by atoms with Gasteiger partial charge in [-0.05, 0) is 54.2 Å². The zero-order valence-electron chi connectivity index (χ0n) is 17.5. The second-order valence-corrected chi connectivity index (χ2v) is 7.70. The molecule has 166 valence electrons. The van der Waals surface area contributed by atoms with Crippen LogP contribution in [-0.4, -0.2) is 59.7 Å². The molecule has 0 bridgehead atoms. The van der Waals surface area contributed by atoms with Crippen LogP contribution in [0.2, 0.25) is 0 Å². The average molecular weight is 455 g/mol. The van der Waals surface area contributed by atoms with Gasteiger partial charge in [-0.2, -0.15) is 0 Å². The Hall–Kier alpha value is -3.66. The first-order valence-corrected chi connectivity index (χ1v) is 10.2. The largest absolute Gasteiger partial charge is 0.465 e. The van der Waals surface area contributed by atoms with Crippen molar-refractivity contribution >= 4 is 40.8 Å². The summed E-state index contributed by atoms with van der Waals surface area (Å²) in [5.74, 6) is 0.252. The van der Waals surface area contributed by atoms with Gasteiger partial charge in [-0.3, -0.25) is 14.5 Å². The SMILES string of the molecule is COC(=O)c1ccc(NC(=O)CC2C(=O)N(C)C(=S)N2Cc2ccc3c(c2)OCO3)cc1. The number of hydrogen-bond donors (Lipinski definition) is 1. The van der Waals surface area contributed by atoms with E-state index in [1.54, 1.807) is 36.2 Å². The Balaban J connectivity index is 1.45. The molecule has 1 unspecified atom stereocenters. The minimum atomic E-state index is -0.729. The van der Waals surface area contributed by atoms with Crippen LogP contribution in [0, 0.1) is 0 Å². The third-order valence-corrected chi connectivity index (χ3v) is 5.79. The van der Waals surface area contributed by atoms with Crippen LogP contribution in [0.5, 0.6) is 11.5 Å². The molecule has 0 saturated carbocycles. The molecular formula is C22H21N3O6S. The Morgan fingerprint density at radius 2 is 1.88 bits per heavy atom. The van der Waals surface area contributed by atoms with Crippen LogP contribution < -0.4 is 14.8 Å². The molecule has 1 saturated heterocycles. The molecule has 1 fully saturated rings. The van der Waals surface area contributed by atoms with Gasteiger partial charge in [0, 0.05) is 19.3 Å². The van der Waals surface area contributed by atoms with Crippen LogP contribution >= 0.6 is 12.2 Å². The van der Waals surface area contributed by atoms with Crippen LogP contribution in [0.25, 0.3) is 0 Å². The summed E-state index contributed by atoms with van der Waals surface area (Å²) >= 11 is 5.45. The van der Waals surface area contributed by atoms with Crippen molar-refractivity contribution in [1.82, 2.24) is 9.80 Å². The number of esters is 1. The summed E-state index contributed by atoms with van der Waals surface area (Å²) in [6.45, 7) is 0.517. The maximum Gasteiger partial charge on any atom is 0.337 e. The lowest BCUT2D eigenvalue weighted by molar-refractivity contribution is -0.130. The third-order valence-electron chi connectivity index (χ3n) is 5.28. The van der Waals surface area contributed by atoms with Crippen molar-refractivity contribution < 1.29 is 28.6 Å². The number of carbonyl (C=O) groups is 3. The quantitative estimate of drug-likeness (QED) is 0.523. The van der Waals surface area contributed by atoms with E-state index < -0.39 is 12.0 Å². The Morgan fingerprint density at radius 3 is 2.59 bits per heavy atom. The minimum Gasteiger partial charge on any atom is -0.465 e. The summed E-state index contributed by atoms with van der Waals surface area (Å²) in [5, 5.41) is 3.11. The number of ether oxygens (including phenoxy) is 3. The van der Waals surface area contributed by atoms with Crippen LogP contribution in [0.15, 0.2) is 42.5 Å². The lowest BCUT2D eigenvalue weighted by Crippen LogP contribution is -2.37. The van der Waals surface area contributed by atoms with Crippen LogP contribution in [0.4, 0.5) is 5.69 Å². The van der Waals surface area contributed by atoms with E-state index in [4.69, 9.17) is 21.7 Å². The smallest absolute Gasteiger partial charge is 0.337 e. The number of methoxy groups -OCH3 is 1. The van der Waals surface area contributed by atoms with Crippen molar-refractivity contribution in [2.24, 2.45) is 0 Å². The zero-order valence-corrected chi connectivity index (χ0v) is 18.3. The predicted molar refractivity (Wildman–Crippen MR) is 118 cm³/mol. The van der Waals surface area contributed by atoms with Gasteiger partial charge in [0.25, 0.3) is 5.91 Å². The molecular weight excluding hydrogens is 434 g/mol. The molecule has 4 rings (SSSR count). The van der Waals surface area contributed by atoms with Crippen molar-refractivity contribution in [2.75, 3.05) is 26.3 Å². The molecule has 10 heteroatoms. The summed E-state index contributed by atoms with van der Waals surface area (Å²) in [6, 6.07) is 11.1. The molecule has 0 radical (unpaired) electrons. The highest BCUT2D eigenvalue weighted by Gasteiger charge is 2.41. The van der Waals surface area contributed by atoms with Crippen LogP contribution in [-0.2, 0) is 20.9 Å². The van der Waals surface area contributed by atoms with E-state index in [-0.39, 0.29) is 25.0 Å². The maximum absolute atomic E-state index is 12.8. The molecule has 2 amide bonds. The number of likely N-dealkylation sites (N-methyl/N-ethyl adjacent to an activating group) is 1. The molecule has 9 nitrogen and oxygen atoms in total. The lowest BCUT2D eigenvalue weighted by Gasteiger charge is -2.23. The second kappa shape index (κ2) is 8.83. The molecule has 2 aromatic rings. The zero-order chi connectivity index (χ0) is 22.8. The third kappa shape index (κ3) is 4.22. The first kappa shape index (κ1) is 21.6. The van der Waals surface area contributed by atoms with Gasteiger partial charge >= 0.3 is 5.97 Å². The predicted octanol–water partition coefficient (Wildman–Crippen LogP) is 2.16. The normalized spacial score (nSPS) is 17.0. The van der Waals surface area contributed by atoms with E-state index in [1.165, 1.54) is 12.0 Å². The highest BCUT2D eigenvalue weighted by Crippen LogP contribution is 2.33. The first-order chi connectivity index (χ1) is 15.4. The minimum absolute atomic E-state index is 0.0768. The summed E-state index contributed by atoms with van der Waals surface area (Å²) < 4.78 is 15.4. The molecule has 1 N–H and O–H groups in total. The highest BCUT2D eigenvalue weighted by atomic mass is 32.1. The molecule has 0 aromatic heterocycles. The fraction of sp³-hybridized carbons (Fsp3) is 0.273. The number of nitrogens with one attached hydrogen (secondary N) is 1. The summed E-state index contributed by atoms with van der Waals surface area (Å²) in [6.07, 6.45) is -0.0768. The van der Waals surface area contributed by atoms with Crippen molar-refractivity contribution in [3.8, 4) is 11.5 Å². The number of amides is 2. The average Bonchev–Trinajstić information content (AvgIpc) is 3.34. The number of anilines is 1. The number of rotatable bonds is 6. The summed E-state index contributed by atoms with van der Waals surface area (Å²) in [5.41, 5.74) is 1.76. The van der Waals surface area contributed by atoms with Gasteiger partial charge in [-0.25, -0.2) is 4.79 Å². The van der Waals surface area contributed by atoms with Gasteiger partial charge in [0.1, 0.15) is 6.04 Å². The van der Waals surface area contributed by atoms with Crippen molar-refractivity contribution in [3.05, 3.63) is 53.6 Å². The second-order valence-electron chi connectivity index (χ2n) is 7.33. The standard InChI is InChI=1S/C22H21N3O6S/c1-24-20(27)16(10-19(26)23-15-6-4-14(5-7-15)21(28)29-2)25(22(24)32)11-13-3-8-17-18(9-13)31-12-30-17/h3-9,16H,10-12H2,1-2H3,(H,23,26). The van der Waals surface area contributed by atoms with Gasteiger partial charge in [-0.1, -0.05) is 6.07 Å². The lowest BCUT2D eigenvalue weighted by atomic mass is 10.1. The number of carbonyl (C=O) groups excluding carboxylic acids is 3. The van der Waals surface area contributed by atoms with Crippen molar-refractivity contribution in [2.45, 2.75) is 19.0 Å².